The maximum absolute atomic E-state index is 12.9. The summed E-state index contributed by atoms with van der Waals surface area (Å²) in [5.74, 6) is 1.78. The number of hydrogen-bond acceptors (Lipinski definition) is 3. The van der Waals surface area contributed by atoms with Gasteiger partial charge in [-0.2, -0.15) is 0 Å². The summed E-state index contributed by atoms with van der Waals surface area (Å²) in [5, 5.41) is 0. The zero-order valence-corrected chi connectivity index (χ0v) is 14.1. The van der Waals surface area contributed by atoms with Crippen LogP contribution in [0.25, 0.3) is 0 Å². The maximum Gasteiger partial charge on any atom is 0.264 e. The first kappa shape index (κ1) is 15.2. The molecule has 2 aliphatic heterocycles. The van der Waals surface area contributed by atoms with E-state index in [9.17, 15) is 9.59 Å². The third-order valence-corrected chi connectivity index (χ3v) is 5.51. The van der Waals surface area contributed by atoms with Gasteiger partial charge < -0.3 is 14.5 Å². The fourth-order valence-corrected chi connectivity index (χ4v) is 4.04. The molecule has 1 fully saturated rings. The van der Waals surface area contributed by atoms with Crippen LogP contribution >= 0.6 is 0 Å². The number of allylic oxidation sites excluding steroid dienone is 2. The molecular weight excluding hydrogens is 304 g/mol. The predicted molar refractivity (Wildman–Crippen MR) is 91.2 cm³/mol. The lowest BCUT2D eigenvalue weighted by Gasteiger charge is -2.26. The van der Waals surface area contributed by atoms with E-state index >= 15 is 0 Å². The van der Waals surface area contributed by atoms with Crippen LogP contribution in [0.1, 0.15) is 30.1 Å². The van der Waals surface area contributed by atoms with E-state index in [1.54, 1.807) is 30.1 Å². The molecule has 2 heterocycles. The number of ether oxygens (including phenoxy) is 1. The van der Waals surface area contributed by atoms with Gasteiger partial charge in [0, 0.05) is 25.7 Å². The van der Waals surface area contributed by atoms with Crippen molar-refractivity contribution in [3.05, 3.63) is 35.4 Å². The highest BCUT2D eigenvalue weighted by atomic mass is 16.5. The van der Waals surface area contributed by atoms with Gasteiger partial charge in [-0.1, -0.05) is 11.6 Å². The minimum absolute atomic E-state index is 0.0521. The number of anilines is 1. The van der Waals surface area contributed by atoms with Crippen molar-refractivity contribution in [3.8, 4) is 5.75 Å². The fraction of sp³-hybridized carbons (Fsp3) is 0.474. The van der Waals surface area contributed by atoms with E-state index in [4.69, 9.17) is 4.74 Å². The molecule has 4 rings (SSSR count). The zero-order valence-electron chi connectivity index (χ0n) is 14.1. The van der Waals surface area contributed by atoms with Gasteiger partial charge in [0.25, 0.3) is 11.8 Å². The number of rotatable bonds is 1. The number of nitrogens with zero attached hydrogens (tertiary/aromatic N) is 2. The normalized spacial score (nSPS) is 25.8. The van der Waals surface area contributed by atoms with Crippen molar-refractivity contribution in [2.24, 2.45) is 11.8 Å². The molecule has 2 amide bonds. The van der Waals surface area contributed by atoms with Crippen molar-refractivity contribution in [1.29, 1.82) is 0 Å². The van der Waals surface area contributed by atoms with Gasteiger partial charge in [-0.05, 0) is 49.8 Å². The highest BCUT2D eigenvalue weighted by Gasteiger charge is 2.36. The molecule has 24 heavy (non-hydrogen) atoms. The van der Waals surface area contributed by atoms with E-state index in [-0.39, 0.29) is 18.4 Å². The summed E-state index contributed by atoms with van der Waals surface area (Å²) in [6, 6.07) is 5.37. The Balaban J connectivity index is 1.55. The van der Waals surface area contributed by atoms with Crippen molar-refractivity contribution in [1.82, 2.24) is 4.90 Å². The van der Waals surface area contributed by atoms with Crippen LogP contribution in [-0.4, -0.2) is 43.5 Å². The Bertz CT molecular complexity index is 740. The summed E-state index contributed by atoms with van der Waals surface area (Å²) in [7, 11) is 1.72. The number of hydrogen-bond donors (Lipinski definition) is 0. The van der Waals surface area contributed by atoms with Gasteiger partial charge in [0.15, 0.2) is 6.61 Å². The summed E-state index contributed by atoms with van der Waals surface area (Å²) in [4.78, 5) is 28.2. The molecule has 1 aromatic rings. The Kier molecular flexibility index (Phi) is 3.59. The van der Waals surface area contributed by atoms with Gasteiger partial charge in [-0.15, -0.1) is 0 Å². The Morgan fingerprint density at radius 1 is 1.25 bits per heavy atom. The van der Waals surface area contributed by atoms with Crippen molar-refractivity contribution in [3.63, 3.8) is 0 Å². The van der Waals surface area contributed by atoms with E-state index < -0.39 is 0 Å². The van der Waals surface area contributed by atoms with Crippen molar-refractivity contribution in [2.75, 3.05) is 31.6 Å². The van der Waals surface area contributed by atoms with E-state index in [0.717, 1.165) is 25.9 Å². The Morgan fingerprint density at radius 3 is 2.88 bits per heavy atom. The van der Waals surface area contributed by atoms with Crippen LogP contribution in [0.4, 0.5) is 5.69 Å². The third-order valence-electron chi connectivity index (χ3n) is 5.51. The van der Waals surface area contributed by atoms with Crippen LogP contribution in [-0.2, 0) is 4.79 Å². The van der Waals surface area contributed by atoms with Gasteiger partial charge in [-0.3, -0.25) is 9.59 Å². The SMILES string of the molecule is CC1=CC[C@H]2CN(C(=O)c3ccc4c(c3)N(C)C(=O)CO4)C[C@H]2C1. The highest BCUT2D eigenvalue weighted by Crippen LogP contribution is 2.37. The van der Waals surface area contributed by atoms with Crippen LogP contribution in [0.3, 0.4) is 0 Å². The fourth-order valence-electron chi connectivity index (χ4n) is 4.04. The molecule has 0 saturated carbocycles. The topological polar surface area (TPSA) is 49.9 Å². The van der Waals surface area contributed by atoms with Crippen LogP contribution in [0.2, 0.25) is 0 Å². The molecule has 126 valence electrons. The van der Waals surface area contributed by atoms with Crippen LogP contribution < -0.4 is 9.64 Å². The standard InChI is InChI=1S/C19H22N2O3/c1-12-3-4-14-9-21(10-15(14)7-12)19(23)13-5-6-17-16(8-13)20(2)18(22)11-24-17/h3,5-6,8,14-15H,4,7,9-11H2,1-2H3/t14-,15+/m0/s1. The quantitative estimate of drug-likeness (QED) is 0.745. The van der Waals surface area contributed by atoms with Gasteiger partial charge in [0.05, 0.1) is 5.69 Å². The molecule has 0 aromatic heterocycles. The zero-order chi connectivity index (χ0) is 16.8. The second-order valence-corrected chi connectivity index (χ2v) is 7.14. The average molecular weight is 326 g/mol. The van der Waals surface area contributed by atoms with Gasteiger partial charge >= 0.3 is 0 Å². The summed E-state index contributed by atoms with van der Waals surface area (Å²) < 4.78 is 5.43. The van der Waals surface area contributed by atoms with Crippen LogP contribution in [0, 0.1) is 11.8 Å². The first-order valence-electron chi connectivity index (χ1n) is 8.51. The summed E-state index contributed by atoms with van der Waals surface area (Å²) >= 11 is 0. The number of likely N-dealkylation sites (tertiary alicyclic amines) is 1. The average Bonchev–Trinajstić information content (AvgIpc) is 3.00. The van der Waals surface area contributed by atoms with E-state index in [0.29, 0.717) is 28.8 Å². The van der Waals surface area contributed by atoms with Crippen molar-refractivity contribution in [2.45, 2.75) is 19.8 Å². The first-order chi connectivity index (χ1) is 11.5. The van der Waals surface area contributed by atoms with Gasteiger partial charge in [0.2, 0.25) is 0 Å². The molecule has 2 atom stereocenters. The lowest BCUT2D eigenvalue weighted by Crippen LogP contribution is -2.36. The van der Waals surface area contributed by atoms with Crippen molar-refractivity contribution < 1.29 is 14.3 Å². The molecule has 0 radical (unpaired) electrons. The van der Waals surface area contributed by atoms with Crippen molar-refractivity contribution >= 4 is 17.5 Å². The number of likely N-dealkylation sites (N-methyl/N-ethyl adjacent to an activating group) is 1. The lowest BCUT2D eigenvalue weighted by molar-refractivity contribution is -0.120. The summed E-state index contributed by atoms with van der Waals surface area (Å²) in [6.45, 7) is 3.89. The number of carbonyl (C=O) groups is 2. The summed E-state index contributed by atoms with van der Waals surface area (Å²) in [5.41, 5.74) is 2.74. The predicted octanol–water partition coefficient (Wildman–Crippen LogP) is 2.47. The summed E-state index contributed by atoms with van der Waals surface area (Å²) in [6.07, 6.45) is 4.49. The number of carbonyl (C=O) groups excluding carboxylic acids is 2. The molecular formula is C19H22N2O3. The molecule has 1 saturated heterocycles. The number of benzene rings is 1. The molecule has 5 nitrogen and oxygen atoms in total. The molecule has 0 bridgehead atoms. The van der Waals surface area contributed by atoms with E-state index in [1.807, 2.05) is 4.90 Å². The number of amides is 2. The minimum Gasteiger partial charge on any atom is -0.482 e. The van der Waals surface area contributed by atoms with E-state index in [1.165, 1.54) is 5.57 Å². The first-order valence-corrected chi connectivity index (χ1v) is 8.51. The molecule has 5 heteroatoms. The molecule has 1 aliphatic carbocycles. The second-order valence-electron chi connectivity index (χ2n) is 7.14. The smallest absolute Gasteiger partial charge is 0.264 e. The molecule has 0 spiro atoms. The van der Waals surface area contributed by atoms with Gasteiger partial charge in [0.1, 0.15) is 5.75 Å². The minimum atomic E-state index is -0.0964. The maximum atomic E-state index is 12.9. The highest BCUT2D eigenvalue weighted by molar-refractivity contribution is 6.01. The third kappa shape index (κ3) is 2.48. The lowest BCUT2D eigenvalue weighted by atomic mass is 9.83. The Hall–Kier alpha value is -2.30. The molecule has 0 unspecified atom stereocenters. The second kappa shape index (κ2) is 5.65. The van der Waals surface area contributed by atoms with Crippen LogP contribution in [0.15, 0.2) is 29.8 Å². The monoisotopic (exact) mass is 326 g/mol. The van der Waals surface area contributed by atoms with Gasteiger partial charge in [-0.25, -0.2) is 0 Å². The Labute approximate surface area is 141 Å². The Morgan fingerprint density at radius 2 is 2.04 bits per heavy atom. The largest absolute Gasteiger partial charge is 0.482 e. The van der Waals surface area contributed by atoms with E-state index in [2.05, 4.69) is 13.0 Å². The van der Waals surface area contributed by atoms with Crippen LogP contribution in [0.5, 0.6) is 5.75 Å². The molecule has 1 aromatic carbocycles. The molecule has 0 N–H and O–H groups in total. The number of fused-ring (bicyclic) bond motifs is 2. The molecule has 3 aliphatic rings.